The number of nitrogens with zero attached hydrogens (tertiary/aromatic N) is 3. The highest BCUT2D eigenvalue weighted by Gasteiger charge is 2.42. The quantitative estimate of drug-likeness (QED) is 0.622. The van der Waals surface area contributed by atoms with Crippen LogP contribution in [0.2, 0.25) is 0 Å². The minimum absolute atomic E-state index is 0.228. The summed E-state index contributed by atoms with van der Waals surface area (Å²) in [4.78, 5) is 32.7. The molecule has 0 saturated carbocycles. The maximum absolute atomic E-state index is 13.6. The van der Waals surface area contributed by atoms with Crippen LogP contribution in [0.1, 0.15) is 11.1 Å². The van der Waals surface area contributed by atoms with Crippen LogP contribution in [0.5, 0.6) is 11.5 Å². The fourth-order valence-electron chi connectivity index (χ4n) is 4.22. The SMILES string of the molecule is COc1ccc(CCN2C(=O)C(c3ccccc3OC)=C(N3CCN(C)CC3)C2=O)cc1. The lowest BCUT2D eigenvalue weighted by atomic mass is 10.0. The van der Waals surface area contributed by atoms with Gasteiger partial charge in [-0.05, 0) is 37.2 Å². The summed E-state index contributed by atoms with van der Waals surface area (Å²) in [7, 11) is 5.27. The molecule has 2 aliphatic rings. The van der Waals surface area contributed by atoms with Crippen LogP contribution in [0, 0.1) is 0 Å². The number of methoxy groups -OCH3 is 2. The summed E-state index contributed by atoms with van der Waals surface area (Å²) >= 11 is 0. The van der Waals surface area contributed by atoms with Crippen LogP contribution in [-0.4, -0.2) is 80.5 Å². The summed E-state index contributed by atoms with van der Waals surface area (Å²) in [5.41, 5.74) is 2.63. The molecule has 0 radical (unpaired) electrons. The Balaban J connectivity index is 1.64. The van der Waals surface area contributed by atoms with Gasteiger partial charge in [0.05, 0.1) is 19.8 Å². The summed E-state index contributed by atoms with van der Waals surface area (Å²) < 4.78 is 10.7. The van der Waals surface area contributed by atoms with Crippen molar-refractivity contribution < 1.29 is 19.1 Å². The number of imide groups is 1. The van der Waals surface area contributed by atoms with Crippen LogP contribution >= 0.6 is 0 Å². The summed E-state index contributed by atoms with van der Waals surface area (Å²) in [6.07, 6.45) is 0.580. The Morgan fingerprint density at radius 2 is 1.53 bits per heavy atom. The first kappa shape index (κ1) is 21.9. The van der Waals surface area contributed by atoms with Gasteiger partial charge in [-0.15, -0.1) is 0 Å². The van der Waals surface area contributed by atoms with Gasteiger partial charge < -0.3 is 19.3 Å². The zero-order valence-corrected chi connectivity index (χ0v) is 18.8. The van der Waals surface area contributed by atoms with E-state index in [1.54, 1.807) is 14.2 Å². The molecular weight excluding hydrogens is 406 g/mol. The van der Waals surface area contributed by atoms with Crippen LogP contribution in [0.4, 0.5) is 0 Å². The highest BCUT2D eigenvalue weighted by molar-refractivity contribution is 6.36. The zero-order valence-electron chi connectivity index (χ0n) is 18.8. The van der Waals surface area contributed by atoms with E-state index in [1.165, 1.54) is 4.90 Å². The van der Waals surface area contributed by atoms with Crippen molar-refractivity contribution in [2.45, 2.75) is 6.42 Å². The molecule has 0 aliphatic carbocycles. The topological polar surface area (TPSA) is 62.3 Å². The Labute approximate surface area is 188 Å². The molecule has 7 heteroatoms. The maximum atomic E-state index is 13.6. The number of para-hydroxylation sites is 1. The molecule has 0 spiro atoms. The van der Waals surface area contributed by atoms with Crippen molar-refractivity contribution >= 4 is 17.4 Å². The van der Waals surface area contributed by atoms with E-state index in [0.717, 1.165) is 24.4 Å². The van der Waals surface area contributed by atoms with Gasteiger partial charge in [0.25, 0.3) is 11.8 Å². The second-order valence-corrected chi connectivity index (χ2v) is 8.07. The smallest absolute Gasteiger partial charge is 0.277 e. The Morgan fingerprint density at radius 3 is 2.19 bits per heavy atom. The Morgan fingerprint density at radius 1 is 0.844 bits per heavy atom. The highest BCUT2D eigenvalue weighted by Crippen LogP contribution is 2.36. The highest BCUT2D eigenvalue weighted by atomic mass is 16.5. The molecule has 32 heavy (non-hydrogen) atoms. The van der Waals surface area contributed by atoms with E-state index in [4.69, 9.17) is 9.47 Å². The number of hydrogen-bond donors (Lipinski definition) is 0. The number of ether oxygens (including phenoxy) is 2. The van der Waals surface area contributed by atoms with E-state index in [2.05, 4.69) is 16.8 Å². The van der Waals surface area contributed by atoms with Crippen molar-refractivity contribution in [2.24, 2.45) is 0 Å². The molecule has 4 rings (SSSR count). The largest absolute Gasteiger partial charge is 0.497 e. The van der Waals surface area contributed by atoms with Crippen LogP contribution in [-0.2, 0) is 16.0 Å². The molecule has 0 bridgehead atoms. The van der Waals surface area contributed by atoms with Crippen molar-refractivity contribution in [2.75, 3.05) is 54.0 Å². The first-order valence-electron chi connectivity index (χ1n) is 10.8. The summed E-state index contributed by atoms with van der Waals surface area (Å²) in [6.45, 7) is 3.41. The molecule has 2 aromatic carbocycles. The number of likely N-dealkylation sites (N-methyl/N-ethyl adjacent to an activating group) is 1. The van der Waals surface area contributed by atoms with Gasteiger partial charge in [0.15, 0.2) is 0 Å². The number of amides is 2. The molecule has 0 N–H and O–H groups in total. The number of benzene rings is 2. The second kappa shape index (κ2) is 9.44. The summed E-state index contributed by atoms with van der Waals surface area (Å²) in [6, 6.07) is 15.1. The van der Waals surface area contributed by atoms with Crippen LogP contribution in [0.15, 0.2) is 54.2 Å². The van der Waals surface area contributed by atoms with E-state index in [0.29, 0.717) is 48.6 Å². The predicted molar refractivity (Wildman–Crippen MR) is 122 cm³/mol. The third kappa shape index (κ3) is 4.21. The molecule has 2 aromatic rings. The molecule has 0 atom stereocenters. The van der Waals surface area contributed by atoms with Gasteiger partial charge in [-0.2, -0.15) is 0 Å². The van der Waals surface area contributed by atoms with Crippen molar-refractivity contribution in [1.29, 1.82) is 0 Å². The van der Waals surface area contributed by atoms with Crippen molar-refractivity contribution in [3.63, 3.8) is 0 Å². The number of hydrogen-bond acceptors (Lipinski definition) is 6. The van der Waals surface area contributed by atoms with Gasteiger partial charge in [-0.3, -0.25) is 14.5 Å². The fraction of sp³-hybridized carbons (Fsp3) is 0.360. The monoisotopic (exact) mass is 435 g/mol. The average Bonchev–Trinajstić information content (AvgIpc) is 3.07. The van der Waals surface area contributed by atoms with Crippen LogP contribution in [0.25, 0.3) is 5.57 Å². The lowest BCUT2D eigenvalue weighted by molar-refractivity contribution is -0.137. The van der Waals surface area contributed by atoms with Gasteiger partial charge >= 0.3 is 0 Å². The predicted octanol–water partition coefficient (Wildman–Crippen LogP) is 2.27. The third-order valence-corrected chi connectivity index (χ3v) is 6.12. The van der Waals surface area contributed by atoms with E-state index in [-0.39, 0.29) is 11.8 Å². The van der Waals surface area contributed by atoms with Gasteiger partial charge in [0.1, 0.15) is 17.2 Å². The minimum Gasteiger partial charge on any atom is -0.497 e. The number of carbonyl (C=O) groups is 2. The molecule has 2 amide bonds. The average molecular weight is 436 g/mol. The summed E-state index contributed by atoms with van der Waals surface area (Å²) in [5.74, 6) is 0.878. The van der Waals surface area contributed by atoms with Gasteiger partial charge in [-0.1, -0.05) is 30.3 Å². The minimum atomic E-state index is -0.262. The van der Waals surface area contributed by atoms with Crippen molar-refractivity contribution in [1.82, 2.24) is 14.7 Å². The molecule has 2 heterocycles. The Hall–Kier alpha value is -3.32. The maximum Gasteiger partial charge on any atom is 0.277 e. The van der Waals surface area contributed by atoms with E-state index in [1.807, 2.05) is 48.5 Å². The zero-order chi connectivity index (χ0) is 22.7. The molecule has 7 nitrogen and oxygen atoms in total. The van der Waals surface area contributed by atoms with Crippen LogP contribution in [0.3, 0.4) is 0 Å². The van der Waals surface area contributed by atoms with Gasteiger partial charge in [0, 0.05) is 38.3 Å². The van der Waals surface area contributed by atoms with E-state index in [9.17, 15) is 9.59 Å². The molecule has 0 aromatic heterocycles. The normalized spacial score (nSPS) is 17.3. The number of carbonyl (C=O) groups excluding carboxylic acids is 2. The molecule has 1 fully saturated rings. The Bertz CT molecular complexity index is 1020. The first-order chi connectivity index (χ1) is 15.5. The van der Waals surface area contributed by atoms with Crippen LogP contribution < -0.4 is 9.47 Å². The molecular formula is C25H29N3O4. The fourth-order valence-corrected chi connectivity index (χ4v) is 4.22. The molecule has 2 aliphatic heterocycles. The summed E-state index contributed by atoms with van der Waals surface area (Å²) in [5, 5.41) is 0. The van der Waals surface area contributed by atoms with Crippen molar-refractivity contribution in [3.05, 3.63) is 65.4 Å². The molecule has 0 unspecified atom stereocenters. The number of rotatable bonds is 7. The van der Waals surface area contributed by atoms with Crippen molar-refractivity contribution in [3.8, 4) is 11.5 Å². The number of piperazine rings is 1. The third-order valence-electron chi connectivity index (χ3n) is 6.12. The van der Waals surface area contributed by atoms with Gasteiger partial charge in [0.2, 0.25) is 0 Å². The Kier molecular flexibility index (Phi) is 6.46. The second-order valence-electron chi connectivity index (χ2n) is 8.07. The standard InChI is InChI=1S/C25H29N3O4/c1-26-14-16-27(17-15-26)23-22(20-6-4-5-7-21(20)32-3)24(29)28(25(23)30)13-12-18-8-10-19(31-2)11-9-18/h4-11H,12-17H2,1-3H3. The van der Waals surface area contributed by atoms with E-state index >= 15 is 0 Å². The first-order valence-corrected chi connectivity index (χ1v) is 10.8. The lowest BCUT2D eigenvalue weighted by Gasteiger charge is -2.34. The van der Waals surface area contributed by atoms with Gasteiger partial charge in [-0.25, -0.2) is 0 Å². The molecule has 168 valence electrons. The lowest BCUT2D eigenvalue weighted by Crippen LogP contribution is -2.46. The van der Waals surface area contributed by atoms with E-state index < -0.39 is 0 Å². The molecule has 1 saturated heterocycles.